The first-order chi connectivity index (χ1) is 9.25. The van der Waals surface area contributed by atoms with Gasteiger partial charge in [0.2, 0.25) is 0 Å². The van der Waals surface area contributed by atoms with Gasteiger partial charge in [-0.3, -0.25) is 0 Å². The van der Waals surface area contributed by atoms with Gasteiger partial charge in [0, 0.05) is 18.8 Å². The van der Waals surface area contributed by atoms with E-state index in [1.165, 1.54) is 43.6 Å². The molecule has 1 nitrogen and oxygen atoms in total. The highest BCUT2D eigenvalue weighted by atomic mass is 15.1. The zero-order valence-electron chi connectivity index (χ0n) is 13.9. The number of nitrogens with zero attached hydrogens (tertiary/aromatic N) is 1. The van der Waals surface area contributed by atoms with Crippen molar-refractivity contribution in [1.82, 2.24) is 0 Å². The third kappa shape index (κ3) is 6.66. The van der Waals surface area contributed by atoms with E-state index in [9.17, 15) is 0 Å². The molecule has 1 aromatic rings. The summed E-state index contributed by atoms with van der Waals surface area (Å²) in [6.45, 7) is 15.0. The molecule has 0 aromatic heterocycles. The average molecular weight is 263 g/mol. The second kappa shape index (κ2) is 10.9. The number of hydrogen-bond acceptors (Lipinski definition) is 1. The fraction of sp³-hybridized carbons (Fsp3) is 0.667. The van der Waals surface area contributed by atoms with Crippen LogP contribution in [-0.4, -0.2) is 13.1 Å². The molecule has 0 saturated carbocycles. The molecule has 1 fully saturated rings. The first-order valence-electron chi connectivity index (χ1n) is 8.07. The van der Waals surface area contributed by atoms with Crippen molar-refractivity contribution in [3.8, 4) is 0 Å². The van der Waals surface area contributed by atoms with Crippen molar-refractivity contribution in [2.75, 3.05) is 18.0 Å². The van der Waals surface area contributed by atoms with E-state index in [-0.39, 0.29) is 0 Å². The monoisotopic (exact) mass is 263 g/mol. The minimum absolute atomic E-state index is 0.903. The SMILES string of the molecule is CC.CC.Cc1ccc(N2CCCC(C)CC2)cc1. The molecule has 0 N–H and O–H groups in total. The van der Waals surface area contributed by atoms with Crippen molar-refractivity contribution >= 4 is 5.69 Å². The van der Waals surface area contributed by atoms with Gasteiger partial charge in [0.15, 0.2) is 0 Å². The smallest absolute Gasteiger partial charge is 0.0366 e. The van der Waals surface area contributed by atoms with Gasteiger partial charge in [0.25, 0.3) is 0 Å². The number of anilines is 1. The molecule has 1 saturated heterocycles. The van der Waals surface area contributed by atoms with E-state index in [0.717, 1.165) is 5.92 Å². The largest absolute Gasteiger partial charge is 0.372 e. The molecule has 1 unspecified atom stereocenters. The molecule has 2 rings (SSSR count). The van der Waals surface area contributed by atoms with Crippen molar-refractivity contribution < 1.29 is 0 Å². The molecule has 0 amide bonds. The molecule has 110 valence electrons. The number of aryl methyl sites for hydroxylation is 1. The summed E-state index contributed by atoms with van der Waals surface area (Å²) in [5.41, 5.74) is 2.75. The van der Waals surface area contributed by atoms with Crippen LogP contribution in [0.3, 0.4) is 0 Å². The van der Waals surface area contributed by atoms with Gasteiger partial charge < -0.3 is 4.90 Å². The van der Waals surface area contributed by atoms with E-state index in [1.54, 1.807) is 0 Å². The van der Waals surface area contributed by atoms with Crippen LogP contribution in [0.5, 0.6) is 0 Å². The lowest BCUT2D eigenvalue weighted by atomic mass is 10.0. The minimum atomic E-state index is 0.903. The van der Waals surface area contributed by atoms with Crippen LogP contribution in [0.2, 0.25) is 0 Å². The van der Waals surface area contributed by atoms with Crippen LogP contribution < -0.4 is 4.90 Å². The topological polar surface area (TPSA) is 3.24 Å². The zero-order valence-corrected chi connectivity index (χ0v) is 13.9. The van der Waals surface area contributed by atoms with E-state index in [1.807, 2.05) is 27.7 Å². The second-order valence-electron chi connectivity index (χ2n) is 4.86. The summed E-state index contributed by atoms with van der Waals surface area (Å²) < 4.78 is 0. The van der Waals surface area contributed by atoms with Gasteiger partial charge in [0.1, 0.15) is 0 Å². The van der Waals surface area contributed by atoms with Crippen molar-refractivity contribution in [2.45, 2.75) is 60.8 Å². The van der Waals surface area contributed by atoms with E-state index in [0.29, 0.717) is 0 Å². The Morgan fingerprint density at radius 2 is 1.47 bits per heavy atom. The Morgan fingerprint density at radius 3 is 2.05 bits per heavy atom. The lowest BCUT2D eigenvalue weighted by molar-refractivity contribution is 0.521. The van der Waals surface area contributed by atoms with Gasteiger partial charge in [0.05, 0.1) is 0 Å². The Kier molecular flexibility index (Phi) is 10.3. The lowest BCUT2D eigenvalue weighted by Crippen LogP contribution is -2.23. The summed E-state index contributed by atoms with van der Waals surface area (Å²) in [7, 11) is 0. The highest BCUT2D eigenvalue weighted by Crippen LogP contribution is 2.22. The van der Waals surface area contributed by atoms with Crippen molar-refractivity contribution in [3.63, 3.8) is 0 Å². The first kappa shape index (κ1) is 18.0. The van der Waals surface area contributed by atoms with E-state index < -0.39 is 0 Å². The van der Waals surface area contributed by atoms with Crippen LogP contribution in [0.1, 0.15) is 59.4 Å². The highest BCUT2D eigenvalue weighted by molar-refractivity contribution is 5.47. The predicted octanol–water partition coefficient (Wildman–Crippen LogP) is 5.67. The van der Waals surface area contributed by atoms with Crippen LogP contribution in [0.4, 0.5) is 5.69 Å². The zero-order chi connectivity index (χ0) is 14.7. The standard InChI is InChI=1S/C14H21N.2C2H6/c1-12-4-3-10-15(11-9-12)14-7-5-13(2)6-8-14;2*1-2/h5-8,12H,3-4,9-11H2,1-2H3;2*1-2H3. The van der Waals surface area contributed by atoms with Gasteiger partial charge in [-0.25, -0.2) is 0 Å². The molecule has 1 heteroatoms. The van der Waals surface area contributed by atoms with Crippen LogP contribution in [0.15, 0.2) is 24.3 Å². The van der Waals surface area contributed by atoms with Gasteiger partial charge in [-0.05, 0) is 44.2 Å². The second-order valence-corrected chi connectivity index (χ2v) is 4.86. The quantitative estimate of drug-likeness (QED) is 0.630. The summed E-state index contributed by atoms with van der Waals surface area (Å²) in [5.74, 6) is 0.903. The summed E-state index contributed by atoms with van der Waals surface area (Å²) in [5, 5.41) is 0. The van der Waals surface area contributed by atoms with E-state index in [2.05, 4.69) is 43.0 Å². The Balaban J connectivity index is 0.000000741. The van der Waals surface area contributed by atoms with Crippen molar-refractivity contribution in [2.24, 2.45) is 5.92 Å². The molecular weight excluding hydrogens is 230 g/mol. The molecular formula is C18H33N. The molecule has 0 spiro atoms. The molecule has 19 heavy (non-hydrogen) atoms. The Labute approximate surface area is 121 Å². The Morgan fingerprint density at radius 1 is 0.895 bits per heavy atom. The maximum absolute atomic E-state index is 2.53. The fourth-order valence-electron chi connectivity index (χ4n) is 2.28. The predicted molar refractivity (Wildman–Crippen MR) is 89.1 cm³/mol. The highest BCUT2D eigenvalue weighted by Gasteiger charge is 2.13. The van der Waals surface area contributed by atoms with Crippen molar-refractivity contribution in [3.05, 3.63) is 29.8 Å². The van der Waals surface area contributed by atoms with Crippen molar-refractivity contribution in [1.29, 1.82) is 0 Å². The molecule has 1 aliphatic heterocycles. The lowest BCUT2D eigenvalue weighted by Gasteiger charge is -2.22. The van der Waals surface area contributed by atoms with Gasteiger partial charge in [-0.1, -0.05) is 52.3 Å². The van der Waals surface area contributed by atoms with Crippen LogP contribution in [-0.2, 0) is 0 Å². The maximum Gasteiger partial charge on any atom is 0.0366 e. The molecule has 1 heterocycles. The third-order valence-corrected chi connectivity index (χ3v) is 3.42. The molecule has 1 aliphatic rings. The van der Waals surface area contributed by atoms with Gasteiger partial charge in [-0.15, -0.1) is 0 Å². The minimum Gasteiger partial charge on any atom is -0.372 e. The van der Waals surface area contributed by atoms with Crippen LogP contribution >= 0.6 is 0 Å². The molecule has 1 atom stereocenters. The average Bonchev–Trinajstić information content (AvgIpc) is 2.69. The molecule has 0 bridgehead atoms. The van der Waals surface area contributed by atoms with Crippen LogP contribution in [0.25, 0.3) is 0 Å². The fourth-order valence-corrected chi connectivity index (χ4v) is 2.28. The Hall–Kier alpha value is -0.980. The summed E-state index contributed by atoms with van der Waals surface area (Å²) in [6, 6.07) is 8.93. The first-order valence-corrected chi connectivity index (χ1v) is 8.07. The van der Waals surface area contributed by atoms with E-state index >= 15 is 0 Å². The maximum atomic E-state index is 2.53. The summed E-state index contributed by atoms with van der Waals surface area (Å²) in [4.78, 5) is 2.53. The van der Waals surface area contributed by atoms with Gasteiger partial charge in [-0.2, -0.15) is 0 Å². The third-order valence-electron chi connectivity index (χ3n) is 3.42. The Bertz CT molecular complexity index is 302. The molecule has 0 radical (unpaired) electrons. The number of benzene rings is 1. The van der Waals surface area contributed by atoms with E-state index in [4.69, 9.17) is 0 Å². The van der Waals surface area contributed by atoms with Crippen LogP contribution in [0, 0.1) is 12.8 Å². The summed E-state index contributed by atoms with van der Waals surface area (Å²) >= 11 is 0. The molecule has 0 aliphatic carbocycles. The summed E-state index contributed by atoms with van der Waals surface area (Å²) in [6.07, 6.45) is 4.07. The number of rotatable bonds is 1. The van der Waals surface area contributed by atoms with Gasteiger partial charge >= 0.3 is 0 Å². The normalized spacial score (nSPS) is 18.4. The number of hydrogen-bond donors (Lipinski definition) is 0. The molecule has 1 aromatic carbocycles.